The van der Waals surface area contributed by atoms with Gasteiger partial charge in [-0.3, -0.25) is 0 Å². The van der Waals surface area contributed by atoms with Gasteiger partial charge in [-0.05, 0) is 5.39 Å². The molecule has 6 aromatic carbocycles. The normalized spacial score (nSPS) is 17.0. The molecular weight excluding hydrogens is 693 g/mol. The number of hydrogen-bond acceptors (Lipinski definition) is 1. The third kappa shape index (κ3) is 3.82. The first kappa shape index (κ1) is 28.3. The number of nitrogens with zero attached hydrogens (tertiary/aromatic N) is 2. The molecule has 9 aromatic rings. The van der Waals surface area contributed by atoms with E-state index in [9.17, 15) is 2.74 Å². The second-order valence-electron chi connectivity index (χ2n) is 16.0. The fourth-order valence-corrected chi connectivity index (χ4v) is 11.8. The van der Waals surface area contributed by atoms with Gasteiger partial charge in [0, 0.05) is 0 Å². The molecule has 2 aliphatic heterocycles. The van der Waals surface area contributed by atoms with Crippen molar-refractivity contribution in [1.82, 2.24) is 0 Å². The zero-order valence-electron chi connectivity index (χ0n) is 32.1. The Morgan fingerprint density at radius 2 is 1.27 bits per heavy atom. The average Bonchev–Trinajstić information content (AvgIpc) is 3.81. The van der Waals surface area contributed by atoms with Crippen LogP contribution in [0.5, 0.6) is 0 Å². The molecule has 0 N–H and O–H groups in total. The second-order valence-corrected chi connectivity index (χ2v) is 26.7. The molecule has 0 amide bonds. The van der Waals surface area contributed by atoms with Crippen molar-refractivity contribution in [3.8, 4) is 22.5 Å². The van der Waals surface area contributed by atoms with Gasteiger partial charge < -0.3 is 0 Å². The van der Waals surface area contributed by atoms with E-state index < -0.39 is 25.3 Å². The van der Waals surface area contributed by atoms with Gasteiger partial charge in [-0.15, -0.1) is 0 Å². The molecule has 1 unspecified atom stereocenters. The van der Waals surface area contributed by atoms with E-state index in [0.29, 0.717) is 5.56 Å². The predicted octanol–water partition coefficient (Wildman–Crippen LogP) is 10.6. The van der Waals surface area contributed by atoms with Crippen molar-refractivity contribution in [1.29, 1.82) is 0 Å². The zero-order chi connectivity index (χ0) is 36.9. The molecule has 250 valence electrons. The first-order chi connectivity index (χ1) is 26.0. The Morgan fingerprint density at radius 1 is 0.635 bits per heavy atom. The van der Waals surface area contributed by atoms with Crippen LogP contribution < -0.4 is 13.5 Å². The van der Waals surface area contributed by atoms with E-state index >= 15 is 0 Å². The summed E-state index contributed by atoms with van der Waals surface area (Å²) in [6.45, 7) is 3.93. The van der Waals surface area contributed by atoms with E-state index in [1.54, 1.807) is 0 Å². The maximum atomic E-state index is 9.22. The maximum absolute atomic E-state index is 9.22. The summed E-state index contributed by atoms with van der Waals surface area (Å²) in [7, 11) is 0. The van der Waals surface area contributed by atoms with Crippen LogP contribution in [0.1, 0.15) is 33.3 Å². The molecule has 0 radical (unpaired) electrons. The Kier molecular flexibility index (Phi) is 5.68. The summed E-state index contributed by atoms with van der Waals surface area (Å²) in [5.41, 5.74) is 8.44. The Morgan fingerprint density at radius 3 is 2.02 bits per heavy atom. The summed E-state index contributed by atoms with van der Waals surface area (Å²) in [5.74, 6) is 7.16. The van der Waals surface area contributed by atoms with E-state index in [0.717, 1.165) is 44.1 Å². The van der Waals surface area contributed by atoms with Crippen molar-refractivity contribution in [3.05, 3.63) is 150 Å². The Labute approximate surface area is 308 Å². The minimum absolute atomic E-state index is 0.199. The summed E-state index contributed by atoms with van der Waals surface area (Å²) in [4.78, 5) is 0. The topological polar surface area (TPSA) is 20.9 Å². The average molecular weight is 735 g/mol. The van der Waals surface area contributed by atoms with Gasteiger partial charge in [-0.1, -0.05) is 42.5 Å². The molecule has 3 nitrogen and oxygen atoms in total. The Balaban J connectivity index is 1.32. The number of rotatable bonds is 3. The first-order valence-electron chi connectivity index (χ1n) is 19.5. The van der Waals surface area contributed by atoms with Crippen LogP contribution in [0.4, 0.5) is 0 Å². The van der Waals surface area contributed by atoms with E-state index in [1.807, 2.05) is 19.9 Å². The molecule has 1 spiro atoms. The fraction of sp³-hybridized carbons (Fsp3) is 0.167. The third-order valence-corrected chi connectivity index (χ3v) is 15.9. The Hall–Kier alpha value is -5.26. The second kappa shape index (κ2) is 10.4. The van der Waals surface area contributed by atoms with Crippen molar-refractivity contribution in [2.24, 2.45) is 5.92 Å². The van der Waals surface area contributed by atoms with Gasteiger partial charge in [0.05, 0.1) is 0 Å². The van der Waals surface area contributed by atoms with Crippen LogP contribution in [0.15, 0.2) is 138 Å². The summed E-state index contributed by atoms with van der Waals surface area (Å²) in [6, 6.07) is 44.1. The van der Waals surface area contributed by atoms with Crippen LogP contribution in [-0.4, -0.2) is 13.3 Å². The molecule has 0 aliphatic carbocycles. The molecule has 0 bridgehead atoms. The number of benzene rings is 6. The van der Waals surface area contributed by atoms with Crippen molar-refractivity contribution in [2.75, 3.05) is 0 Å². The van der Waals surface area contributed by atoms with Gasteiger partial charge in [-0.25, -0.2) is 0 Å². The van der Waals surface area contributed by atoms with Crippen molar-refractivity contribution < 1.29 is 16.3 Å². The standard InChI is InChI=1S/C48H40GeN2O/c1-29(2)26-30-24-25-50-43(27-30)45-41(48(50)40-17-11-10-16-39(40)42-23-18-31(28-51(42)48)49(3,4)5)22-21-38-37-20-19-36-34-14-7-6-12-32(34)33-13-8-9-15-35(33)44(36)46(37)52-47(38)45/h6-25,27-29H,26H2,1-5H3/q+2/i26D2. The zero-order valence-corrected chi connectivity index (χ0v) is 32.2. The number of pyridine rings is 2. The van der Waals surface area contributed by atoms with Gasteiger partial charge >= 0.3 is 262 Å². The minimum atomic E-state index is -2.28. The van der Waals surface area contributed by atoms with Gasteiger partial charge in [0.2, 0.25) is 0 Å². The molecule has 2 aliphatic rings. The third-order valence-electron chi connectivity index (χ3n) is 11.6. The van der Waals surface area contributed by atoms with Crippen molar-refractivity contribution in [2.45, 2.75) is 43.2 Å². The van der Waals surface area contributed by atoms with E-state index in [4.69, 9.17) is 4.42 Å². The monoisotopic (exact) mass is 736 g/mol. The van der Waals surface area contributed by atoms with Gasteiger partial charge in [-0.2, -0.15) is 0 Å². The molecule has 3 aromatic heterocycles. The van der Waals surface area contributed by atoms with E-state index in [2.05, 4.69) is 154 Å². The summed E-state index contributed by atoms with van der Waals surface area (Å²) < 4.78 is 32.1. The van der Waals surface area contributed by atoms with Crippen molar-refractivity contribution >= 4 is 71.9 Å². The van der Waals surface area contributed by atoms with Gasteiger partial charge in [0.1, 0.15) is 0 Å². The summed E-state index contributed by atoms with van der Waals surface area (Å²) >= 11 is -2.28. The number of furan rings is 1. The van der Waals surface area contributed by atoms with Crippen LogP contribution in [0.3, 0.4) is 0 Å². The quantitative estimate of drug-likeness (QED) is 0.101. The molecule has 11 rings (SSSR count). The van der Waals surface area contributed by atoms with E-state index in [-0.39, 0.29) is 5.92 Å². The first-order valence-corrected chi connectivity index (χ1v) is 25.8. The fourth-order valence-electron chi connectivity index (χ4n) is 9.45. The number of fused-ring (bicyclic) bond motifs is 21. The number of hydrogen-bond donors (Lipinski definition) is 0. The summed E-state index contributed by atoms with van der Waals surface area (Å²) in [6.07, 6.45) is 3.05. The molecule has 5 heterocycles. The number of aromatic nitrogens is 2. The van der Waals surface area contributed by atoms with Crippen LogP contribution in [0.2, 0.25) is 17.3 Å². The van der Waals surface area contributed by atoms with Gasteiger partial charge in [0.25, 0.3) is 0 Å². The van der Waals surface area contributed by atoms with Crippen LogP contribution >= 0.6 is 0 Å². The molecule has 52 heavy (non-hydrogen) atoms. The van der Waals surface area contributed by atoms with Crippen LogP contribution in [0.25, 0.3) is 76.8 Å². The van der Waals surface area contributed by atoms with Crippen LogP contribution in [-0.2, 0) is 12.0 Å². The Bertz CT molecular complexity index is 3080. The molecular formula is C48H40GeN2O+2. The molecule has 1 atom stereocenters. The van der Waals surface area contributed by atoms with Crippen LogP contribution in [0, 0.1) is 5.92 Å². The molecule has 0 saturated heterocycles. The van der Waals surface area contributed by atoms with Gasteiger partial charge in [0.15, 0.2) is 0 Å². The predicted molar refractivity (Wildman–Crippen MR) is 217 cm³/mol. The SMILES string of the molecule is [2H]C([2H])(c1cc[n+]2c(c1)-c1c(ccc3c1oc1c3ccc3c4ccccc4c4ccccc4c31)C21c2ccccc2-c2cc[c]([Ge]([CH3])([CH3])[CH3])c[n+]21)C(C)C. The molecule has 0 saturated carbocycles. The summed E-state index contributed by atoms with van der Waals surface area (Å²) in [5, 5.41) is 9.32. The van der Waals surface area contributed by atoms with E-state index in [1.165, 1.54) is 48.1 Å². The van der Waals surface area contributed by atoms with Crippen molar-refractivity contribution in [3.63, 3.8) is 0 Å². The molecule has 0 fully saturated rings. The molecule has 4 heteroatoms.